The van der Waals surface area contributed by atoms with Crippen LogP contribution >= 0.6 is 11.8 Å². The molecule has 9 heteroatoms. The predicted molar refractivity (Wildman–Crippen MR) is 78.8 cm³/mol. The van der Waals surface area contributed by atoms with E-state index in [0.29, 0.717) is 5.03 Å². The number of ether oxygens (including phenoxy) is 1. The lowest BCUT2D eigenvalue weighted by molar-refractivity contribution is -0.147. The van der Waals surface area contributed by atoms with Gasteiger partial charge in [0.25, 0.3) is 0 Å². The number of hydrogen-bond acceptors (Lipinski definition) is 5. The Bertz CT molecular complexity index is 533. The molecule has 0 atom stereocenters. The fraction of sp³-hybridized carbons (Fsp3) is 0.500. The second-order valence-corrected chi connectivity index (χ2v) is 5.81. The van der Waals surface area contributed by atoms with Gasteiger partial charge in [0.1, 0.15) is 0 Å². The van der Waals surface area contributed by atoms with Gasteiger partial charge in [-0.15, -0.1) is 0 Å². The highest BCUT2D eigenvalue weighted by Crippen LogP contribution is 2.29. The molecule has 0 aromatic carbocycles. The van der Waals surface area contributed by atoms with Crippen LogP contribution in [-0.4, -0.2) is 35.3 Å². The third kappa shape index (κ3) is 7.87. The summed E-state index contributed by atoms with van der Waals surface area (Å²) in [6.45, 7) is 3.60. The number of carbonyl (C=O) groups excluding carboxylic acids is 2. The number of aromatic nitrogens is 1. The quantitative estimate of drug-likeness (QED) is 0.605. The summed E-state index contributed by atoms with van der Waals surface area (Å²) in [5.41, 5.74) is -0.838. The van der Waals surface area contributed by atoms with Crippen LogP contribution in [-0.2, 0) is 20.5 Å². The van der Waals surface area contributed by atoms with Gasteiger partial charge in [-0.2, -0.15) is 13.2 Å². The molecule has 0 fully saturated rings. The topological polar surface area (TPSA) is 68.3 Å². The molecule has 1 rings (SSSR count). The second-order valence-electron chi connectivity index (χ2n) is 4.81. The normalized spacial score (nSPS) is 11.4. The molecule has 0 unspecified atom stereocenters. The molecule has 0 radical (unpaired) electrons. The van der Waals surface area contributed by atoms with Crippen molar-refractivity contribution in [1.29, 1.82) is 0 Å². The molecule has 1 N–H and O–H groups in total. The van der Waals surface area contributed by atoms with Crippen LogP contribution in [0.3, 0.4) is 0 Å². The lowest BCUT2D eigenvalue weighted by Crippen LogP contribution is -2.28. The van der Waals surface area contributed by atoms with Crippen LogP contribution < -0.4 is 5.32 Å². The van der Waals surface area contributed by atoms with Crippen molar-refractivity contribution in [2.24, 2.45) is 0 Å². The number of pyridine rings is 1. The lowest BCUT2D eigenvalue weighted by atomic mass is 10.3. The Morgan fingerprint density at radius 3 is 2.57 bits per heavy atom. The van der Waals surface area contributed by atoms with Crippen molar-refractivity contribution in [2.75, 3.05) is 12.3 Å². The molecule has 0 aliphatic rings. The molecule has 1 heterocycles. The van der Waals surface area contributed by atoms with Crippen LogP contribution in [0.2, 0.25) is 0 Å². The summed E-state index contributed by atoms with van der Waals surface area (Å²) in [6, 6.07) is 2.12. The predicted octanol–water partition coefficient (Wildman–Crippen LogP) is 2.65. The highest BCUT2D eigenvalue weighted by Gasteiger charge is 2.30. The van der Waals surface area contributed by atoms with Gasteiger partial charge in [-0.1, -0.05) is 11.8 Å². The minimum absolute atomic E-state index is 0.00239. The molecule has 1 amide bonds. The molecule has 0 aliphatic heterocycles. The molecule has 0 aliphatic carbocycles. The largest absolute Gasteiger partial charge is 0.463 e. The first-order valence-electron chi connectivity index (χ1n) is 6.80. The number of halogens is 3. The molecule has 23 heavy (non-hydrogen) atoms. The van der Waals surface area contributed by atoms with E-state index in [4.69, 9.17) is 4.74 Å². The monoisotopic (exact) mass is 350 g/mol. The third-order valence-corrected chi connectivity index (χ3v) is 3.38. The minimum Gasteiger partial charge on any atom is -0.463 e. The Hall–Kier alpha value is -1.77. The molecule has 1 aromatic heterocycles. The van der Waals surface area contributed by atoms with Crippen LogP contribution in [0.15, 0.2) is 23.4 Å². The van der Waals surface area contributed by atoms with Gasteiger partial charge in [-0.3, -0.25) is 9.59 Å². The second kappa shape index (κ2) is 8.76. The number of nitrogens with one attached hydrogen (secondary N) is 1. The van der Waals surface area contributed by atoms with Gasteiger partial charge in [0.15, 0.2) is 0 Å². The van der Waals surface area contributed by atoms with Gasteiger partial charge in [0.2, 0.25) is 5.91 Å². The van der Waals surface area contributed by atoms with Gasteiger partial charge >= 0.3 is 12.1 Å². The SMILES string of the molecule is CC(C)OC(=O)CCNC(=O)CSc1ccc(C(F)(F)F)cn1. The Balaban J connectivity index is 2.29. The van der Waals surface area contributed by atoms with Crippen molar-refractivity contribution in [3.8, 4) is 0 Å². The Morgan fingerprint density at radius 1 is 1.35 bits per heavy atom. The summed E-state index contributed by atoms with van der Waals surface area (Å²) in [4.78, 5) is 26.4. The van der Waals surface area contributed by atoms with Crippen LogP contribution in [0.1, 0.15) is 25.8 Å². The Morgan fingerprint density at radius 2 is 2.04 bits per heavy atom. The molecular weight excluding hydrogens is 333 g/mol. The van der Waals surface area contributed by atoms with E-state index in [1.807, 2.05) is 0 Å². The van der Waals surface area contributed by atoms with E-state index in [1.54, 1.807) is 13.8 Å². The first kappa shape index (κ1) is 19.3. The van der Waals surface area contributed by atoms with Crippen molar-refractivity contribution in [3.63, 3.8) is 0 Å². The third-order valence-electron chi connectivity index (χ3n) is 2.43. The van der Waals surface area contributed by atoms with Crippen LogP contribution in [0, 0.1) is 0 Å². The zero-order valence-corrected chi connectivity index (χ0v) is 13.5. The maximum absolute atomic E-state index is 12.4. The maximum atomic E-state index is 12.4. The van der Waals surface area contributed by atoms with Crippen molar-refractivity contribution >= 4 is 23.6 Å². The molecule has 128 valence electrons. The number of alkyl halides is 3. The number of rotatable bonds is 7. The Kier molecular flexibility index (Phi) is 7.34. The molecule has 1 aromatic rings. The number of esters is 1. The first-order chi connectivity index (χ1) is 10.7. The summed E-state index contributed by atoms with van der Waals surface area (Å²) in [5.74, 6) is -0.746. The zero-order valence-electron chi connectivity index (χ0n) is 12.6. The molecule has 0 bridgehead atoms. The fourth-order valence-electron chi connectivity index (χ4n) is 1.45. The fourth-order valence-corrected chi connectivity index (χ4v) is 2.12. The molecule has 0 spiro atoms. The Labute approximate surface area is 136 Å². The summed E-state index contributed by atoms with van der Waals surface area (Å²) in [5, 5.41) is 2.84. The van der Waals surface area contributed by atoms with Gasteiger partial charge in [0, 0.05) is 12.7 Å². The van der Waals surface area contributed by atoms with E-state index in [-0.39, 0.29) is 30.7 Å². The summed E-state index contributed by atoms with van der Waals surface area (Å²) in [6.07, 6.45) is -3.85. The summed E-state index contributed by atoms with van der Waals surface area (Å²) < 4.78 is 42.0. The van der Waals surface area contributed by atoms with Crippen LogP contribution in [0.5, 0.6) is 0 Å². The molecular formula is C14H17F3N2O3S. The summed E-state index contributed by atoms with van der Waals surface area (Å²) in [7, 11) is 0. The molecule has 0 saturated carbocycles. The summed E-state index contributed by atoms with van der Waals surface area (Å²) >= 11 is 1.01. The van der Waals surface area contributed by atoms with Gasteiger partial charge in [-0.25, -0.2) is 4.98 Å². The highest BCUT2D eigenvalue weighted by molar-refractivity contribution is 7.99. The van der Waals surface area contributed by atoms with Crippen molar-refractivity contribution in [3.05, 3.63) is 23.9 Å². The molecule has 5 nitrogen and oxygen atoms in total. The van der Waals surface area contributed by atoms with E-state index >= 15 is 0 Å². The number of hydrogen-bond donors (Lipinski definition) is 1. The lowest BCUT2D eigenvalue weighted by Gasteiger charge is -2.08. The van der Waals surface area contributed by atoms with E-state index < -0.39 is 17.7 Å². The maximum Gasteiger partial charge on any atom is 0.417 e. The number of amides is 1. The van der Waals surface area contributed by atoms with Crippen molar-refractivity contribution < 1.29 is 27.5 Å². The number of nitrogens with zero attached hydrogens (tertiary/aromatic N) is 1. The molecule has 0 saturated heterocycles. The average molecular weight is 350 g/mol. The average Bonchev–Trinajstić information content (AvgIpc) is 2.44. The van der Waals surface area contributed by atoms with Gasteiger partial charge in [-0.05, 0) is 26.0 Å². The van der Waals surface area contributed by atoms with Crippen molar-refractivity contribution in [1.82, 2.24) is 10.3 Å². The standard InChI is InChI=1S/C14H17F3N2O3S/c1-9(2)22-13(21)5-6-18-11(20)8-23-12-4-3-10(7-19-12)14(15,16)17/h3-4,7,9H,5-6,8H2,1-2H3,(H,18,20). The van der Waals surface area contributed by atoms with E-state index in [1.165, 1.54) is 6.07 Å². The van der Waals surface area contributed by atoms with E-state index in [0.717, 1.165) is 24.0 Å². The van der Waals surface area contributed by atoms with E-state index in [2.05, 4.69) is 10.3 Å². The van der Waals surface area contributed by atoms with Crippen LogP contribution in [0.4, 0.5) is 13.2 Å². The number of carbonyl (C=O) groups is 2. The van der Waals surface area contributed by atoms with Gasteiger partial charge < -0.3 is 10.1 Å². The van der Waals surface area contributed by atoms with Crippen LogP contribution in [0.25, 0.3) is 0 Å². The first-order valence-corrected chi connectivity index (χ1v) is 7.79. The smallest absolute Gasteiger partial charge is 0.417 e. The highest BCUT2D eigenvalue weighted by atomic mass is 32.2. The van der Waals surface area contributed by atoms with Gasteiger partial charge in [0.05, 0.1) is 28.9 Å². The minimum atomic E-state index is -4.43. The van der Waals surface area contributed by atoms with Crippen molar-refractivity contribution in [2.45, 2.75) is 37.6 Å². The van der Waals surface area contributed by atoms with E-state index in [9.17, 15) is 22.8 Å². The zero-order chi connectivity index (χ0) is 17.5. The number of thioether (sulfide) groups is 1.